The summed E-state index contributed by atoms with van der Waals surface area (Å²) in [4.78, 5) is -1.34. The van der Waals surface area contributed by atoms with E-state index in [-0.39, 0.29) is 5.02 Å². The molecule has 1 N–H and O–H groups in total. The maximum atomic E-state index is 13.6. The van der Waals surface area contributed by atoms with Gasteiger partial charge in [-0.3, -0.25) is 4.72 Å². The lowest BCUT2D eigenvalue weighted by Crippen LogP contribution is -2.19. The van der Waals surface area contributed by atoms with Gasteiger partial charge in [0.2, 0.25) is 0 Å². The Hall–Kier alpha value is -1.94. The van der Waals surface area contributed by atoms with E-state index in [1.165, 1.54) is 4.72 Å². The van der Waals surface area contributed by atoms with Crippen LogP contribution in [0.25, 0.3) is 0 Å². The van der Waals surface area contributed by atoms with E-state index in [9.17, 15) is 34.8 Å². The van der Waals surface area contributed by atoms with Crippen molar-refractivity contribution < 1.29 is 34.8 Å². The van der Waals surface area contributed by atoms with Crippen molar-refractivity contribution in [2.24, 2.45) is 0 Å². The number of alkyl halides is 3. The molecular formula is C13H6ClF6NO2S. The van der Waals surface area contributed by atoms with E-state index in [0.717, 1.165) is 6.07 Å². The standard InChI is InChI=1S/C13H6ClF6NO2S/c14-6-1-3-9(7(5-6)13(18,19)20)21-24(22,23)10-4-2-8(15)11(16)12(10)17/h1-5,21H. The van der Waals surface area contributed by atoms with E-state index >= 15 is 0 Å². The third-order valence-electron chi connectivity index (χ3n) is 2.82. The zero-order valence-corrected chi connectivity index (χ0v) is 12.8. The first kappa shape index (κ1) is 18.4. The second kappa shape index (κ2) is 6.17. The Morgan fingerprint density at radius 3 is 2.17 bits per heavy atom. The van der Waals surface area contributed by atoms with Crippen molar-refractivity contribution in [3.63, 3.8) is 0 Å². The third-order valence-corrected chi connectivity index (χ3v) is 4.44. The van der Waals surface area contributed by atoms with Crippen molar-refractivity contribution in [1.29, 1.82) is 0 Å². The molecule has 0 aromatic heterocycles. The van der Waals surface area contributed by atoms with Crippen molar-refractivity contribution in [2.45, 2.75) is 11.1 Å². The summed E-state index contributed by atoms with van der Waals surface area (Å²) in [6.07, 6.45) is -4.96. The average Bonchev–Trinajstić information content (AvgIpc) is 2.45. The molecule has 0 saturated carbocycles. The van der Waals surface area contributed by atoms with Crippen LogP contribution in [0, 0.1) is 17.5 Å². The molecule has 3 nitrogen and oxygen atoms in total. The Balaban J connectivity index is 2.54. The van der Waals surface area contributed by atoms with E-state index in [4.69, 9.17) is 11.6 Å². The zero-order valence-electron chi connectivity index (χ0n) is 11.3. The van der Waals surface area contributed by atoms with E-state index in [1.807, 2.05) is 0 Å². The molecular weight excluding hydrogens is 384 g/mol. The molecule has 0 radical (unpaired) electrons. The summed E-state index contributed by atoms with van der Waals surface area (Å²) in [5.41, 5.74) is -2.38. The topological polar surface area (TPSA) is 46.2 Å². The molecule has 2 aromatic rings. The van der Waals surface area contributed by atoms with Crippen LogP contribution >= 0.6 is 11.6 Å². The van der Waals surface area contributed by atoms with Crippen molar-refractivity contribution in [2.75, 3.05) is 4.72 Å². The molecule has 2 aromatic carbocycles. The highest BCUT2D eigenvalue weighted by Gasteiger charge is 2.35. The largest absolute Gasteiger partial charge is 0.418 e. The van der Waals surface area contributed by atoms with Crippen LogP contribution in [0.1, 0.15) is 5.56 Å². The minimum Gasteiger partial charge on any atom is -0.279 e. The molecule has 0 aliphatic rings. The van der Waals surface area contributed by atoms with Gasteiger partial charge in [-0.05, 0) is 30.3 Å². The van der Waals surface area contributed by atoms with Crippen LogP contribution in [0.5, 0.6) is 0 Å². The maximum Gasteiger partial charge on any atom is 0.418 e. The van der Waals surface area contributed by atoms with Crippen LogP contribution in [0.4, 0.5) is 32.0 Å². The molecule has 0 atom stereocenters. The number of hydrogen-bond donors (Lipinski definition) is 1. The molecule has 130 valence electrons. The highest BCUT2D eigenvalue weighted by molar-refractivity contribution is 7.92. The Morgan fingerprint density at radius 2 is 1.58 bits per heavy atom. The van der Waals surface area contributed by atoms with Crippen LogP contribution in [-0.4, -0.2) is 8.42 Å². The highest BCUT2D eigenvalue weighted by atomic mass is 35.5. The molecule has 0 amide bonds. The quantitative estimate of drug-likeness (QED) is 0.617. The minimum atomic E-state index is -4.96. The highest BCUT2D eigenvalue weighted by Crippen LogP contribution is 2.37. The molecule has 0 spiro atoms. The van der Waals surface area contributed by atoms with Crippen LogP contribution in [0.3, 0.4) is 0 Å². The Morgan fingerprint density at radius 1 is 0.958 bits per heavy atom. The van der Waals surface area contributed by atoms with Crippen LogP contribution in [0.2, 0.25) is 5.02 Å². The summed E-state index contributed by atoms with van der Waals surface area (Å²) in [6, 6.07) is 2.86. The summed E-state index contributed by atoms with van der Waals surface area (Å²) in [7, 11) is -4.95. The second-order valence-electron chi connectivity index (χ2n) is 4.47. The lowest BCUT2D eigenvalue weighted by Gasteiger charge is -2.15. The number of rotatable bonds is 3. The van der Waals surface area contributed by atoms with Gasteiger partial charge in [-0.25, -0.2) is 21.6 Å². The van der Waals surface area contributed by atoms with Crippen LogP contribution in [0.15, 0.2) is 35.2 Å². The van der Waals surface area contributed by atoms with Crippen molar-refractivity contribution in [1.82, 2.24) is 0 Å². The molecule has 0 aliphatic carbocycles. The van der Waals surface area contributed by atoms with Gasteiger partial charge < -0.3 is 0 Å². The molecule has 0 bridgehead atoms. The van der Waals surface area contributed by atoms with Gasteiger partial charge >= 0.3 is 6.18 Å². The Kier molecular flexibility index (Phi) is 4.73. The van der Waals surface area contributed by atoms with E-state index in [1.54, 1.807) is 0 Å². The number of hydrogen-bond acceptors (Lipinski definition) is 2. The lowest BCUT2D eigenvalue weighted by atomic mass is 10.2. The third kappa shape index (κ3) is 3.59. The number of nitrogens with one attached hydrogen (secondary N) is 1. The molecule has 0 saturated heterocycles. The summed E-state index contributed by atoms with van der Waals surface area (Å²) in [6.45, 7) is 0. The fourth-order valence-electron chi connectivity index (χ4n) is 1.76. The van der Waals surface area contributed by atoms with Crippen LogP contribution < -0.4 is 4.72 Å². The summed E-state index contributed by atoms with van der Waals surface area (Å²) >= 11 is 5.45. The predicted octanol–water partition coefficient (Wildman–Crippen LogP) is 4.58. The fourth-order valence-corrected chi connectivity index (χ4v) is 3.08. The average molecular weight is 390 g/mol. The second-order valence-corrected chi connectivity index (χ2v) is 6.55. The molecule has 24 heavy (non-hydrogen) atoms. The number of sulfonamides is 1. The van der Waals surface area contributed by atoms with Gasteiger partial charge in [0.15, 0.2) is 17.5 Å². The van der Waals surface area contributed by atoms with Crippen molar-refractivity contribution in [3.8, 4) is 0 Å². The normalized spacial score (nSPS) is 12.3. The van der Waals surface area contributed by atoms with Crippen molar-refractivity contribution >= 4 is 27.3 Å². The minimum absolute atomic E-state index is 0.315. The van der Waals surface area contributed by atoms with Gasteiger partial charge in [0.25, 0.3) is 10.0 Å². The van der Waals surface area contributed by atoms with Gasteiger partial charge in [0.05, 0.1) is 11.3 Å². The van der Waals surface area contributed by atoms with Gasteiger partial charge in [0, 0.05) is 5.02 Å². The molecule has 2 rings (SSSR count). The Labute approximate surface area is 136 Å². The SMILES string of the molecule is O=S(=O)(Nc1ccc(Cl)cc1C(F)(F)F)c1ccc(F)c(F)c1F. The van der Waals surface area contributed by atoms with Gasteiger partial charge in [0.1, 0.15) is 4.90 Å². The Bertz CT molecular complexity index is 898. The zero-order chi connectivity index (χ0) is 18.3. The molecule has 11 heteroatoms. The van der Waals surface area contributed by atoms with E-state index in [0.29, 0.717) is 24.3 Å². The van der Waals surface area contributed by atoms with Gasteiger partial charge in [-0.15, -0.1) is 0 Å². The van der Waals surface area contributed by atoms with Crippen LogP contribution in [-0.2, 0) is 16.2 Å². The summed E-state index contributed by atoms with van der Waals surface area (Å²) in [5.74, 6) is -5.76. The maximum absolute atomic E-state index is 13.6. The first-order chi connectivity index (χ1) is 10.9. The first-order valence-corrected chi connectivity index (χ1v) is 7.82. The molecule has 0 heterocycles. The summed E-state index contributed by atoms with van der Waals surface area (Å²) in [5, 5.41) is -0.315. The smallest absolute Gasteiger partial charge is 0.279 e. The molecule has 0 fully saturated rings. The van der Waals surface area contributed by atoms with E-state index < -0.39 is 49.8 Å². The number of anilines is 1. The summed E-state index contributed by atoms with van der Waals surface area (Å²) < 4.78 is 104. The lowest BCUT2D eigenvalue weighted by molar-refractivity contribution is -0.136. The van der Waals surface area contributed by atoms with Gasteiger partial charge in [-0.2, -0.15) is 13.2 Å². The van der Waals surface area contributed by atoms with E-state index in [2.05, 4.69) is 0 Å². The fraction of sp³-hybridized carbons (Fsp3) is 0.0769. The molecule has 0 unspecified atom stereocenters. The van der Waals surface area contributed by atoms with Gasteiger partial charge in [-0.1, -0.05) is 11.6 Å². The number of halogens is 7. The molecule has 0 aliphatic heterocycles. The monoisotopic (exact) mass is 389 g/mol. The number of benzene rings is 2. The van der Waals surface area contributed by atoms with Crippen molar-refractivity contribution in [3.05, 3.63) is 58.4 Å². The first-order valence-electron chi connectivity index (χ1n) is 5.96. The predicted molar refractivity (Wildman–Crippen MR) is 73.6 cm³/mol.